The van der Waals surface area contributed by atoms with E-state index in [2.05, 4.69) is 5.32 Å². The van der Waals surface area contributed by atoms with Gasteiger partial charge in [0.15, 0.2) is 0 Å². The van der Waals surface area contributed by atoms with E-state index in [1.807, 2.05) is 30.0 Å². The summed E-state index contributed by atoms with van der Waals surface area (Å²) in [7, 11) is -3.68. The molecule has 0 bridgehead atoms. The molecule has 0 aromatic heterocycles. The number of hydrogen-bond donors (Lipinski definition) is 1. The van der Waals surface area contributed by atoms with E-state index >= 15 is 0 Å². The topological polar surface area (TPSA) is 69.7 Å². The molecular weight excluding hydrogens is 398 g/mol. The molecule has 152 valence electrons. The first-order valence-corrected chi connectivity index (χ1v) is 10.6. The normalized spacial score (nSPS) is 16.9. The number of nitrogens with zero attached hydrogens (tertiary/aromatic N) is 2. The van der Waals surface area contributed by atoms with Crippen LogP contribution in [0.4, 0.5) is 5.69 Å². The van der Waals surface area contributed by atoms with Crippen LogP contribution in [0.1, 0.15) is 24.2 Å². The highest BCUT2D eigenvalue weighted by Crippen LogP contribution is 2.24. The van der Waals surface area contributed by atoms with Crippen molar-refractivity contribution in [1.82, 2.24) is 10.2 Å². The van der Waals surface area contributed by atoms with E-state index < -0.39 is 10.0 Å². The van der Waals surface area contributed by atoms with E-state index in [-0.39, 0.29) is 29.3 Å². The molecule has 1 atom stereocenters. The van der Waals surface area contributed by atoms with Gasteiger partial charge in [-0.3, -0.25) is 9.10 Å². The third-order valence-corrected chi connectivity index (χ3v) is 6.70. The number of anilines is 1. The largest absolute Gasteiger partial charge is 0.333 e. The predicted octanol–water partition coefficient (Wildman–Crippen LogP) is 2.76. The van der Waals surface area contributed by atoms with Crippen LogP contribution in [-0.2, 0) is 10.0 Å². The zero-order valence-electron chi connectivity index (χ0n) is 16.0. The van der Waals surface area contributed by atoms with Crippen molar-refractivity contribution in [3.63, 3.8) is 0 Å². The summed E-state index contributed by atoms with van der Waals surface area (Å²) in [6.45, 7) is 6.31. The average molecular weight is 424 g/mol. The summed E-state index contributed by atoms with van der Waals surface area (Å²) in [5, 5.41) is 3.26. The Morgan fingerprint density at radius 3 is 2.36 bits per heavy atom. The van der Waals surface area contributed by atoms with Crippen LogP contribution in [0, 0.1) is 0 Å². The molecule has 0 spiro atoms. The Labute approximate surface area is 173 Å². The first-order chi connectivity index (χ1) is 12.9. The fraction of sp³-hybridized carbons (Fsp3) is 0.350. The van der Waals surface area contributed by atoms with Gasteiger partial charge in [0.05, 0.1) is 10.6 Å². The van der Waals surface area contributed by atoms with Gasteiger partial charge in [0, 0.05) is 37.8 Å². The summed E-state index contributed by atoms with van der Waals surface area (Å²) in [6, 6.07) is 15.3. The van der Waals surface area contributed by atoms with Crippen LogP contribution in [0.5, 0.6) is 0 Å². The Morgan fingerprint density at radius 1 is 1.14 bits per heavy atom. The predicted molar refractivity (Wildman–Crippen MR) is 114 cm³/mol. The van der Waals surface area contributed by atoms with Gasteiger partial charge in [0.1, 0.15) is 0 Å². The number of carbonyl (C=O) groups excluding carboxylic acids is 1. The van der Waals surface area contributed by atoms with Crippen molar-refractivity contribution in [2.75, 3.05) is 30.5 Å². The van der Waals surface area contributed by atoms with Gasteiger partial charge >= 0.3 is 0 Å². The summed E-state index contributed by atoms with van der Waals surface area (Å²) in [5.74, 6) is -0.0663. The van der Waals surface area contributed by atoms with Crippen molar-refractivity contribution in [3.05, 3.63) is 60.2 Å². The van der Waals surface area contributed by atoms with Crippen LogP contribution in [-0.4, -0.2) is 51.4 Å². The summed E-state index contributed by atoms with van der Waals surface area (Å²) in [4.78, 5) is 14.7. The fourth-order valence-electron chi connectivity index (χ4n) is 3.29. The molecule has 28 heavy (non-hydrogen) atoms. The summed E-state index contributed by atoms with van der Waals surface area (Å²) in [5.41, 5.74) is 1.13. The molecule has 0 aliphatic carbocycles. The van der Waals surface area contributed by atoms with Crippen LogP contribution >= 0.6 is 12.4 Å². The number of carbonyl (C=O) groups is 1. The van der Waals surface area contributed by atoms with Crippen molar-refractivity contribution in [3.8, 4) is 0 Å². The first kappa shape index (κ1) is 22.2. The van der Waals surface area contributed by atoms with Gasteiger partial charge < -0.3 is 10.2 Å². The molecule has 1 amide bonds. The van der Waals surface area contributed by atoms with Gasteiger partial charge in [-0.2, -0.15) is 0 Å². The van der Waals surface area contributed by atoms with Crippen LogP contribution in [0.25, 0.3) is 0 Å². The van der Waals surface area contributed by atoms with E-state index in [4.69, 9.17) is 0 Å². The molecule has 0 unspecified atom stereocenters. The quantitative estimate of drug-likeness (QED) is 0.802. The Morgan fingerprint density at radius 2 is 1.79 bits per heavy atom. The molecule has 1 saturated heterocycles. The number of halogens is 1. The molecule has 1 fully saturated rings. The van der Waals surface area contributed by atoms with Gasteiger partial charge in [-0.15, -0.1) is 12.4 Å². The Hall–Kier alpha value is -2.09. The number of nitrogens with one attached hydrogen (secondary N) is 1. The van der Waals surface area contributed by atoms with E-state index in [1.54, 1.807) is 31.2 Å². The van der Waals surface area contributed by atoms with E-state index in [0.29, 0.717) is 24.3 Å². The van der Waals surface area contributed by atoms with E-state index in [9.17, 15) is 13.2 Å². The minimum atomic E-state index is -3.68. The molecule has 1 aliphatic rings. The maximum Gasteiger partial charge on any atom is 0.264 e. The van der Waals surface area contributed by atoms with Crippen LogP contribution in [0.2, 0.25) is 0 Å². The maximum absolute atomic E-state index is 13.0. The Kier molecular flexibility index (Phi) is 7.46. The number of hydrogen-bond acceptors (Lipinski definition) is 4. The van der Waals surface area contributed by atoms with Crippen LogP contribution in [0.3, 0.4) is 0 Å². The second-order valence-electron chi connectivity index (χ2n) is 6.58. The van der Waals surface area contributed by atoms with Crippen molar-refractivity contribution >= 4 is 34.0 Å². The standard InChI is InChI=1S/C20H25N3O3S.ClH/c1-3-23(18-7-5-4-6-8-18)27(25,26)19-11-9-17(10-12-19)20(24)22-14-13-21-15-16(22)2;/h4-12,16,21H,3,13-15H2,1-2H3;1H/t16-;/m1./s1. The number of para-hydroxylation sites is 1. The minimum Gasteiger partial charge on any atom is -0.333 e. The van der Waals surface area contributed by atoms with E-state index in [0.717, 1.165) is 13.1 Å². The van der Waals surface area contributed by atoms with Gasteiger partial charge in [0.25, 0.3) is 15.9 Å². The molecular formula is C20H26ClN3O3S. The molecule has 3 rings (SSSR count). The molecule has 0 radical (unpaired) electrons. The lowest BCUT2D eigenvalue weighted by Gasteiger charge is -2.34. The minimum absolute atomic E-state index is 0. The number of piperazine rings is 1. The fourth-order valence-corrected chi connectivity index (χ4v) is 4.76. The Bertz CT molecular complexity index is 889. The lowest BCUT2D eigenvalue weighted by atomic mass is 10.1. The molecule has 8 heteroatoms. The van der Waals surface area contributed by atoms with Gasteiger partial charge in [-0.1, -0.05) is 18.2 Å². The molecule has 1 aliphatic heterocycles. The third-order valence-electron chi connectivity index (χ3n) is 4.78. The van der Waals surface area contributed by atoms with Gasteiger partial charge in [-0.25, -0.2) is 8.42 Å². The number of sulfonamides is 1. The number of rotatable bonds is 5. The SMILES string of the molecule is CCN(c1ccccc1)S(=O)(=O)c1ccc(C(=O)N2CCNC[C@H]2C)cc1.Cl. The molecule has 6 nitrogen and oxygen atoms in total. The van der Waals surface area contributed by atoms with Gasteiger partial charge in [-0.05, 0) is 50.2 Å². The smallest absolute Gasteiger partial charge is 0.264 e. The highest BCUT2D eigenvalue weighted by atomic mass is 35.5. The maximum atomic E-state index is 13.0. The molecule has 1 heterocycles. The van der Waals surface area contributed by atoms with Crippen LogP contribution in [0.15, 0.2) is 59.5 Å². The van der Waals surface area contributed by atoms with Gasteiger partial charge in [0.2, 0.25) is 0 Å². The highest BCUT2D eigenvalue weighted by molar-refractivity contribution is 7.92. The summed E-state index contributed by atoms with van der Waals surface area (Å²) in [6.07, 6.45) is 0. The lowest BCUT2D eigenvalue weighted by Crippen LogP contribution is -2.52. The third kappa shape index (κ3) is 4.48. The van der Waals surface area contributed by atoms with Crippen molar-refractivity contribution < 1.29 is 13.2 Å². The summed E-state index contributed by atoms with van der Waals surface area (Å²) < 4.78 is 27.4. The first-order valence-electron chi connectivity index (χ1n) is 9.14. The Balaban J connectivity index is 0.00000280. The van der Waals surface area contributed by atoms with Crippen LogP contribution < -0.4 is 9.62 Å². The zero-order chi connectivity index (χ0) is 19.4. The number of benzene rings is 2. The monoisotopic (exact) mass is 423 g/mol. The molecule has 2 aromatic rings. The molecule has 1 N–H and O–H groups in total. The van der Waals surface area contributed by atoms with E-state index in [1.165, 1.54) is 16.4 Å². The average Bonchev–Trinajstić information content (AvgIpc) is 2.69. The van der Waals surface area contributed by atoms with Crippen molar-refractivity contribution in [2.24, 2.45) is 0 Å². The second-order valence-corrected chi connectivity index (χ2v) is 8.44. The lowest BCUT2D eigenvalue weighted by molar-refractivity contribution is 0.0655. The van der Waals surface area contributed by atoms with Crippen molar-refractivity contribution in [1.29, 1.82) is 0 Å². The van der Waals surface area contributed by atoms with Crippen molar-refractivity contribution in [2.45, 2.75) is 24.8 Å². The number of amides is 1. The second kappa shape index (κ2) is 9.41. The zero-order valence-corrected chi connectivity index (χ0v) is 17.7. The highest BCUT2D eigenvalue weighted by Gasteiger charge is 2.26. The molecule has 2 aromatic carbocycles. The summed E-state index contributed by atoms with van der Waals surface area (Å²) >= 11 is 0. The molecule has 0 saturated carbocycles.